The average Bonchev–Trinajstić information content (AvgIpc) is 1.64. The van der Waals surface area contributed by atoms with Gasteiger partial charge >= 0.3 is 24.4 Å². The maximum absolute atomic E-state index is 13.9. The van der Waals surface area contributed by atoms with Crippen LogP contribution < -0.4 is 26.6 Å². The summed E-state index contributed by atoms with van der Waals surface area (Å²) in [6.45, 7) is 0.0926. The van der Waals surface area contributed by atoms with E-state index in [1.807, 2.05) is 12.1 Å². The van der Waals surface area contributed by atoms with E-state index in [1.165, 1.54) is 0 Å². The molecule has 28 heteroatoms. The van der Waals surface area contributed by atoms with Gasteiger partial charge in [-0.2, -0.15) is 0 Å². The third kappa shape index (κ3) is 19.1. The number of epoxide rings is 1. The van der Waals surface area contributed by atoms with E-state index in [4.69, 9.17) is 52.1 Å². The summed E-state index contributed by atoms with van der Waals surface area (Å²) in [6, 6.07) is 32.7. The van der Waals surface area contributed by atoms with Gasteiger partial charge in [0.15, 0.2) is 24.7 Å². The lowest BCUT2D eigenvalue weighted by atomic mass is 9.74. The molecule has 4 amide bonds. The van der Waals surface area contributed by atoms with E-state index < -0.39 is 172 Å². The molecule has 20 atom stereocenters. The van der Waals surface area contributed by atoms with E-state index in [-0.39, 0.29) is 65.5 Å². The molecule has 0 aromatic heterocycles. The van der Waals surface area contributed by atoms with Crippen LogP contribution in [-0.4, -0.2) is 216 Å². The number of ether oxygens (including phenoxy) is 11. The Bertz CT molecular complexity index is 2910. The number of amides is 4. The fraction of sp³-hybridized carbons (Fsp3) is 0.540. The summed E-state index contributed by atoms with van der Waals surface area (Å²) in [4.78, 5) is 66.2. The number of aliphatic hydroxyl groups excluding tert-OH is 7. The highest BCUT2D eigenvalue weighted by Gasteiger charge is 2.61. The van der Waals surface area contributed by atoms with Crippen molar-refractivity contribution in [2.45, 2.75) is 163 Å². The van der Waals surface area contributed by atoms with Crippen molar-refractivity contribution in [1.82, 2.24) is 26.6 Å². The zero-order valence-electron chi connectivity index (χ0n) is 49.9. The number of Topliss-reactive ketones (excluding diaryl/α,β-unsaturated/α-hetero) is 1. The predicted octanol–water partition coefficient (Wildman–Crippen LogP) is 0.911. The van der Waals surface area contributed by atoms with Gasteiger partial charge < -0.3 is 114 Å². The second kappa shape index (κ2) is 33.6. The molecular weight excluding hydrogens is 1190 g/mol. The monoisotopic (exact) mass is 1280 g/mol. The summed E-state index contributed by atoms with van der Waals surface area (Å²) >= 11 is 0. The molecule has 1 aliphatic carbocycles. The zero-order chi connectivity index (χ0) is 64.4. The molecule has 9 rings (SSSR count). The van der Waals surface area contributed by atoms with Crippen molar-refractivity contribution in [2.75, 3.05) is 39.4 Å². The molecule has 4 heterocycles. The molecule has 5 aliphatic rings. The number of hydrogen-bond acceptors (Lipinski definition) is 24. The quantitative estimate of drug-likeness (QED) is 0.0204. The molecular formula is C63H81N5O23. The Morgan fingerprint density at radius 3 is 1.54 bits per heavy atom. The maximum Gasteiger partial charge on any atom is 0.407 e. The summed E-state index contributed by atoms with van der Waals surface area (Å²) in [5.74, 6) is -2.32. The van der Waals surface area contributed by atoms with Crippen molar-refractivity contribution >= 4 is 30.2 Å². The largest absolute Gasteiger partial charge is 0.445 e. The predicted molar refractivity (Wildman–Crippen MR) is 314 cm³/mol. The Kier molecular flexibility index (Phi) is 25.2. The number of hydrogen-bond donors (Lipinski definition) is 12. The number of aliphatic hydroxyl groups is 7. The summed E-state index contributed by atoms with van der Waals surface area (Å²) in [6.07, 6.45) is -27.3. The van der Waals surface area contributed by atoms with Gasteiger partial charge in [-0.3, -0.25) is 4.79 Å². The van der Waals surface area contributed by atoms with Gasteiger partial charge in [0.25, 0.3) is 0 Å². The van der Waals surface area contributed by atoms with Crippen molar-refractivity contribution in [3.05, 3.63) is 144 Å². The normalized spacial score (nSPS) is 31.2. The number of fused-ring (bicyclic) bond motifs is 1. The zero-order valence-corrected chi connectivity index (χ0v) is 49.9. The van der Waals surface area contributed by atoms with Crippen LogP contribution in [0.25, 0.3) is 0 Å². The van der Waals surface area contributed by atoms with E-state index in [2.05, 4.69) is 26.6 Å². The van der Waals surface area contributed by atoms with E-state index in [0.717, 1.165) is 5.56 Å². The third-order valence-corrected chi connectivity index (χ3v) is 16.3. The van der Waals surface area contributed by atoms with Crippen molar-refractivity contribution in [3.8, 4) is 0 Å². The molecule has 5 fully saturated rings. The van der Waals surface area contributed by atoms with Crippen LogP contribution >= 0.6 is 0 Å². The van der Waals surface area contributed by atoms with Gasteiger partial charge in [0.2, 0.25) is 0 Å². The molecule has 4 aromatic carbocycles. The first-order valence-electron chi connectivity index (χ1n) is 30.3. The lowest BCUT2D eigenvalue weighted by Gasteiger charge is -2.46. The Balaban J connectivity index is 0.934. The Labute approximate surface area is 524 Å². The Hall–Kier alpha value is -6.97. The fourth-order valence-corrected chi connectivity index (χ4v) is 11.4. The van der Waals surface area contributed by atoms with Crippen molar-refractivity contribution in [3.63, 3.8) is 0 Å². The first-order valence-corrected chi connectivity index (χ1v) is 30.3. The van der Waals surface area contributed by atoms with Gasteiger partial charge in [-0.15, -0.1) is 0 Å². The van der Waals surface area contributed by atoms with Crippen LogP contribution in [0.4, 0.5) is 19.2 Å². The minimum atomic E-state index is -1.92. The average molecular weight is 1280 g/mol. The van der Waals surface area contributed by atoms with Crippen molar-refractivity contribution < 1.29 is 112 Å². The lowest BCUT2D eigenvalue weighted by molar-refractivity contribution is -0.297. The number of rotatable bonds is 29. The smallest absolute Gasteiger partial charge is 0.407 e. The number of carbonyl (C=O) groups is 5. The van der Waals surface area contributed by atoms with Gasteiger partial charge in [0, 0.05) is 32.6 Å². The van der Waals surface area contributed by atoms with E-state index >= 15 is 0 Å². The molecule has 12 N–H and O–H groups in total. The number of nitrogens with one attached hydrogen (secondary N) is 5. The summed E-state index contributed by atoms with van der Waals surface area (Å²) in [5, 5.41) is 92.9. The third-order valence-electron chi connectivity index (χ3n) is 16.3. The SMILES string of the molecule is C[C@H]1C[C@@H](CC(=O)[C@@H](O)CCNC(=O)OCc2ccccc2)[C@H](O)[C@@H](O[C@@H]2O[C@H](CO)[C@@H](O[C@H]3O[C@@H](CNC(=O)OCc4ccccc4)[C@@H](O)[C@H](O)[C@H]3NC(=O)OCc3ccccc3)[C@H]2O)[C@@H]1O[C@H]1O[C@H](CNCCO)[C@@H]2O[C@@H]2[C@H]1NC(=O)OCc1ccccc1. The van der Waals surface area contributed by atoms with Crippen LogP contribution in [0.1, 0.15) is 48.4 Å². The molecule has 0 unspecified atom stereocenters. The van der Waals surface area contributed by atoms with Gasteiger partial charge in [0.1, 0.15) is 106 Å². The highest BCUT2D eigenvalue weighted by molar-refractivity contribution is 5.83. The van der Waals surface area contributed by atoms with Gasteiger partial charge in [-0.1, -0.05) is 128 Å². The number of alkyl carbamates (subject to hydrolysis) is 4. The molecule has 91 heavy (non-hydrogen) atoms. The number of ketones is 1. The second-order valence-corrected chi connectivity index (χ2v) is 22.9. The van der Waals surface area contributed by atoms with Crippen LogP contribution in [0.3, 0.4) is 0 Å². The first kappa shape index (κ1) is 68.4. The van der Waals surface area contributed by atoms with Crippen LogP contribution in [0.2, 0.25) is 0 Å². The van der Waals surface area contributed by atoms with Crippen LogP contribution in [0.15, 0.2) is 121 Å². The first-order chi connectivity index (χ1) is 44.1. The van der Waals surface area contributed by atoms with Crippen molar-refractivity contribution in [1.29, 1.82) is 0 Å². The fourth-order valence-electron chi connectivity index (χ4n) is 11.4. The Morgan fingerprint density at radius 2 is 0.989 bits per heavy atom. The standard InChI is InChI=1S/C63H81N5O23/c1-35-26-40(27-42(72)41(71)22-23-65-60(77)81-31-36-14-6-2-7-15-36)48(73)56(52(35)89-58-47(55-54(88-55)44(86-58)28-64-24-25-69)68-63(80)84-34-39-20-12-5-13-21-39)91-59-51(76)53(45(30-70)87-59)90-57-46(67-62(79)83-33-38-18-10-4-11-19-38)50(75)49(74)43(85-57)29-66-61(78)82-32-37-16-8-3-9-17-37/h2-21,35,40-41,43-59,64,69-71,73-76H,22-34H2,1H3,(H,65,77)(H,66,78)(H,67,79)(H,68,80)/t35-,40-,41-,43-,44+,45+,46+,47+,48-,49+,50+,51+,52+,53+,54-,55+,56+,57+,58+,59-/m0/s1. The molecule has 4 saturated heterocycles. The van der Waals surface area contributed by atoms with Crippen LogP contribution in [0, 0.1) is 11.8 Å². The molecule has 0 bridgehead atoms. The van der Waals surface area contributed by atoms with Gasteiger partial charge in [-0.25, -0.2) is 19.2 Å². The highest BCUT2D eigenvalue weighted by Crippen LogP contribution is 2.43. The van der Waals surface area contributed by atoms with E-state index in [1.54, 1.807) is 116 Å². The minimum Gasteiger partial charge on any atom is -0.445 e. The van der Waals surface area contributed by atoms with Crippen molar-refractivity contribution in [2.24, 2.45) is 11.8 Å². The maximum atomic E-state index is 13.9. The topological polar surface area (TPSA) is 392 Å². The molecule has 28 nitrogen and oxygen atoms in total. The number of benzene rings is 4. The van der Waals surface area contributed by atoms with Gasteiger partial charge in [0.05, 0.1) is 25.4 Å². The van der Waals surface area contributed by atoms with E-state index in [0.29, 0.717) is 16.7 Å². The van der Waals surface area contributed by atoms with E-state index in [9.17, 15) is 59.7 Å². The molecule has 4 aliphatic heterocycles. The number of carbonyl (C=O) groups excluding carboxylic acids is 5. The Morgan fingerprint density at radius 1 is 0.505 bits per heavy atom. The minimum absolute atomic E-state index is 0.00887. The molecule has 496 valence electrons. The second-order valence-electron chi connectivity index (χ2n) is 22.9. The molecule has 1 saturated carbocycles. The highest BCUT2D eigenvalue weighted by atomic mass is 16.8. The van der Waals surface area contributed by atoms with Crippen LogP contribution in [-0.2, 0) is 83.3 Å². The summed E-state index contributed by atoms with van der Waals surface area (Å²) < 4.78 is 66.2. The molecule has 0 spiro atoms. The lowest BCUT2D eigenvalue weighted by Crippen LogP contribution is -2.66. The van der Waals surface area contributed by atoms with Crippen LogP contribution in [0.5, 0.6) is 0 Å². The molecule has 0 radical (unpaired) electrons. The summed E-state index contributed by atoms with van der Waals surface area (Å²) in [7, 11) is 0. The molecule has 4 aromatic rings. The van der Waals surface area contributed by atoms with Gasteiger partial charge in [-0.05, 0) is 46.9 Å². The summed E-state index contributed by atoms with van der Waals surface area (Å²) in [5.41, 5.74) is 2.76.